The minimum Gasteiger partial charge on any atom is -0.347 e. The standard InChI is InChI=1S/C14H18BrN5O/c1-10-18-13(21-19-10)8-17-14(16-2)20(3)9-11-4-6-12(15)7-5-11/h4-7H,8-9H2,1-3H3,(H,16,17). The van der Waals surface area contributed by atoms with Crippen molar-refractivity contribution in [2.45, 2.75) is 20.0 Å². The average Bonchev–Trinajstić information content (AvgIpc) is 2.88. The van der Waals surface area contributed by atoms with Gasteiger partial charge in [-0.1, -0.05) is 33.2 Å². The summed E-state index contributed by atoms with van der Waals surface area (Å²) in [5, 5.41) is 6.96. The van der Waals surface area contributed by atoms with Gasteiger partial charge in [-0.05, 0) is 24.6 Å². The minimum absolute atomic E-state index is 0.457. The second kappa shape index (κ2) is 7.21. The zero-order valence-electron chi connectivity index (χ0n) is 12.3. The molecule has 1 heterocycles. The topological polar surface area (TPSA) is 66.5 Å². The molecule has 7 heteroatoms. The van der Waals surface area contributed by atoms with Gasteiger partial charge in [-0.2, -0.15) is 4.98 Å². The molecule has 0 aliphatic carbocycles. The molecule has 0 saturated carbocycles. The fourth-order valence-corrected chi connectivity index (χ4v) is 2.15. The Labute approximate surface area is 132 Å². The second-order valence-electron chi connectivity index (χ2n) is 4.62. The average molecular weight is 352 g/mol. The third kappa shape index (κ3) is 4.56. The van der Waals surface area contributed by atoms with E-state index < -0.39 is 0 Å². The van der Waals surface area contributed by atoms with Gasteiger partial charge in [-0.25, -0.2) is 0 Å². The van der Waals surface area contributed by atoms with Crippen molar-refractivity contribution in [1.82, 2.24) is 20.4 Å². The number of guanidine groups is 1. The number of halogens is 1. The SMILES string of the molecule is CN=C(NCc1nc(C)no1)N(C)Cc1ccc(Br)cc1. The molecule has 0 amide bonds. The highest BCUT2D eigenvalue weighted by Gasteiger charge is 2.09. The van der Waals surface area contributed by atoms with E-state index in [1.807, 2.05) is 24.1 Å². The van der Waals surface area contributed by atoms with Gasteiger partial charge < -0.3 is 14.7 Å². The van der Waals surface area contributed by atoms with E-state index >= 15 is 0 Å². The predicted octanol–water partition coefficient (Wildman–Crippen LogP) is 2.35. The minimum atomic E-state index is 0.457. The molecule has 6 nitrogen and oxygen atoms in total. The Hall–Kier alpha value is -1.89. The molecule has 112 valence electrons. The quantitative estimate of drug-likeness (QED) is 0.676. The normalized spacial score (nSPS) is 11.5. The van der Waals surface area contributed by atoms with Crippen LogP contribution < -0.4 is 5.32 Å². The van der Waals surface area contributed by atoms with E-state index in [9.17, 15) is 0 Å². The van der Waals surface area contributed by atoms with E-state index in [2.05, 4.69) is 48.5 Å². The first-order chi connectivity index (χ1) is 10.1. The molecular formula is C14H18BrN5O. The molecule has 0 fully saturated rings. The fourth-order valence-electron chi connectivity index (χ4n) is 1.89. The first-order valence-corrected chi connectivity index (χ1v) is 7.33. The second-order valence-corrected chi connectivity index (χ2v) is 5.53. The lowest BCUT2D eigenvalue weighted by Crippen LogP contribution is -2.38. The van der Waals surface area contributed by atoms with Gasteiger partial charge in [0.15, 0.2) is 11.8 Å². The van der Waals surface area contributed by atoms with Gasteiger partial charge in [-0.3, -0.25) is 4.99 Å². The summed E-state index contributed by atoms with van der Waals surface area (Å²) in [7, 11) is 3.73. The highest BCUT2D eigenvalue weighted by molar-refractivity contribution is 9.10. The summed E-state index contributed by atoms with van der Waals surface area (Å²) < 4.78 is 6.14. The lowest BCUT2D eigenvalue weighted by molar-refractivity contribution is 0.368. The van der Waals surface area contributed by atoms with Gasteiger partial charge in [-0.15, -0.1) is 0 Å². The molecule has 0 radical (unpaired) electrons. The number of hydrogen-bond donors (Lipinski definition) is 1. The van der Waals surface area contributed by atoms with E-state index in [1.165, 1.54) is 5.56 Å². The first kappa shape index (κ1) is 15.5. The molecule has 2 aromatic rings. The first-order valence-electron chi connectivity index (χ1n) is 6.54. The van der Waals surface area contributed by atoms with E-state index in [1.54, 1.807) is 14.0 Å². The molecule has 21 heavy (non-hydrogen) atoms. The zero-order chi connectivity index (χ0) is 15.2. The van der Waals surface area contributed by atoms with Crippen LogP contribution in [0.4, 0.5) is 0 Å². The number of aliphatic imine (C=N–C) groups is 1. The molecule has 1 aromatic carbocycles. The molecule has 1 N–H and O–H groups in total. The van der Waals surface area contributed by atoms with Crippen molar-refractivity contribution >= 4 is 21.9 Å². The third-order valence-electron chi connectivity index (χ3n) is 2.87. The van der Waals surface area contributed by atoms with Crippen LogP contribution in [0.5, 0.6) is 0 Å². The Morgan fingerprint density at radius 2 is 2.10 bits per heavy atom. The monoisotopic (exact) mass is 351 g/mol. The molecule has 0 unspecified atom stereocenters. The van der Waals surface area contributed by atoms with Crippen LogP contribution in [-0.4, -0.2) is 35.1 Å². The predicted molar refractivity (Wildman–Crippen MR) is 84.8 cm³/mol. The Morgan fingerprint density at radius 3 is 2.67 bits per heavy atom. The maximum atomic E-state index is 5.07. The van der Waals surface area contributed by atoms with Crippen LogP contribution in [0.15, 0.2) is 38.3 Å². The number of aryl methyl sites for hydroxylation is 1. The van der Waals surface area contributed by atoms with Crippen molar-refractivity contribution in [3.63, 3.8) is 0 Å². The number of aromatic nitrogens is 2. The zero-order valence-corrected chi connectivity index (χ0v) is 13.9. The van der Waals surface area contributed by atoms with Gasteiger partial charge in [0, 0.05) is 25.1 Å². The highest BCUT2D eigenvalue weighted by Crippen LogP contribution is 2.11. The molecule has 0 aliphatic rings. The van der Waals surface area contributed by atoms with Crippen LogP contribution in [0.3, 0.4) is 0 Å². The van der Waals surface area contributed by atoms with Gasteiger partial charge >= 0.3 is 0 Å². The molecule has 2 rings (SSSR count). The Kier molecular flexibility index (Phi) is 5.32. The number of rotatable bonds is 4. The maximum Gasteiger partial charge on any atom is 0.246 e. The van der Waals surface area contributed by atoms with Gasteiger partial charge in [0.05, 0.1) is 6.54 Å². The van der Waals surface area contributed by atoms with Crippen LogP contribution >= 0.6 is 15.9 Å². The van der Waals surface area contributed by atoms with Crippen molar-refractivity contribution in [1.29, 1.82) is 0 Å². The molecule has 0 aliphatic heterocycles. The fraction of sp³-hybridized carbons (Fsp3) is 0.357. The molecule has 0 saturated heterocycles. The smallest absolute Gasteiger partial charge is 0.246 e. The number of hydrogen-bond acceptors (Lipinski definition) is 4. The van der Waals surface area contributed by atoms with Crippen LogP contribution in [0.1, 0.15) is 17.3 Å². The number of nitrogens with zero attached hydrogens (tertiary/aromatic N) is 4. The molecular weight excluding hydrogens is 334 g/mol. The van der Waals surface area contributed by atoms with Gasteiger partial charge in [0.25, 0.3) is 0 Å². The van der Waals surface area contributed by atoms with E-state index in [0.29, 0.717) is 18.3 Å². The molecule has 1 aromatic heterocycles. The van der Waals surface area contributed by atoms with Crippen molar-refractivity contribution in [2.75, 3.05) is 14.1 Å². The van der Waals surface area contributed by atoms with Crippen LogP contribution in [-0.2, 0) is 13.1 Å². The van der Waals surface area contributed by atoms with Gasteiger partial charge in [0.2, 0.25) is 5.89 Å². The number of benzene rings is 1. The summed E-state index contributed by atoms with van der Waals surface area (Å²) in [6.07, 6.45) is 0. The lowest BCUT2D eigenvalue weighted by atomic mass is 10.2. The lowest BCUT2D eigenvalue weighted by Gasteiger charge is -2.21. The highest BCUT2D eigenvalue weighted by atomic mass is 79.9. The van der Waals surface area contributed by atoms with Crippen molar-refractivity contribution in [3.8, 4) is 0 Å². The summed E-state index contributed by atoms with van der Waals surface area (Å²) in [4.78, 5) is 10.4. The summed E-state index contributed by atoms with van der Waals surface area (Å²) in [6.45, 7) is 3.01. The summed E-state index contributed by atoms with van der Waals surface area (Å²) in [6, 6.07) is 8.21. The van der Waals surface area contributed by atoms with Crippen molar-refractivity contribution in [2.24, 2.45) is 4.99 Å². The summed E-state index contributed by atoms with van der Waals surface area (Å²) >= 11 is 3.43. The van der Waals surface area contributed by atoms with Crippen molar-refractivity contribution < 1.29 is 4.52 Å². The van der Waals surface area contributed by atoms with Crippen LogP contribution in [0.25, 0.3) is 0 Å². The van der Waals surface area contributed by atoms with Crippen molar-refractivity contribution in [3.05, 3.63) is 46.0 Å². The third-order valence-corrected chi connectivity index (χ3v) is 3.40. The Morgan fingerprint density at radius 1 is 1.38 bits per heavy atom. The summed E-state index contributed by atoms with van der Waals surface area (Å²) in [5.41, 5.74) is 1.21. The molecule has 0 bridgehead atoms. The molecule has 0 atom stereocenters. The van der Waals surface area contributed by atoms with Gasteiger partial charge in [0.1, 0.15) is 0 Å². The summed E-state index contributed by atoms with van der Waals surface area (Å²) in [5.74, 6) is 1.95. The Balaban J connectivity index is 1.92. The van der Waals surface area contributed by atoms with E-state index in [0.717, 1.165) is 17.0 Å². The maximum absolute atomic E-state index is 5.07. The number of nitrogens with one attached hydrogen (secondary N) is 1. The van der Waals surface area contributed by atoms with Crippen LogP contribution in [0, 0.1) is 6.92 Å². The largest absolute Gasteiger partial charge is 0.347 e. The van der Waals surface area contributed by atoms with E-state index in [-0.39, 0.29) is 0 Å². The molecule has 0 spiro atoms. The van der Waals surface area contributed by atoms with Crippen LogP contribution in [0.2, 0.25) is 0 Å². The van der Waals surface area contributed by atoms with E-state index in [4.69, 9.17) is 4.52 Å². The Bertz CT molecular complexity index is 608.